The fourth-order valence-corrected chi connectivity index (χ4v) is 3.01. The summed E-state index contributed by atoms with van der Waals surface area (Å²) in [5.74, 6) is 0.818. The van der Waals surface area contributed by atoms with Crippen molar-refractivity contribution in [3.63, 3.8) is 0 Å². The smallest absolute Gasteiger partial charge is 0.255 e. The summed E-state index contributed by atoms with van der Waals surface area (Å²) < 4.78 is 11.3. The first-order valence-electron chi connectivity index (χ1n) is 10.6. The molecule has 2 N–H and O–H groups in total. The molecule has 3 aromatic carbocycles. The summed E-state index contributed by atoms with van der Waals surface area (Å²) in [7, 11) is 0. The van der Waals surface area contributed by atoms with E-state index in [-0.39, 0.29) is 24.0 Å². The zero-order chi connectivity index (χ0) is 23.1. The highest BCUT2D eigenvalue weighted by molar-refractivity contribution is 6.06. The Kier molecular flexibility index (Phi) is 7.49. The van der Waals surface area contributed by atoms with E-state index in [0.717, 1.165) is 0 Å². The van der Waals surface area contributed by atoms with Crippen LogP contribution >= 0.6 is 0 Å². The number of carbonyl (C=O) groups is 2. The summed E-state index contributed by atoms with van der Waals surface area (Å²) in [6, 6.07) is 21.0. The van der Waals surface area contributed by atoms with Crippen molar-refractivity contribution in [3.05, 3.63) is 83.9 Å². The van der Waals surface area contributed by atoms with Crippen LogP contribution in [0, 0.1) is 0 Å². The Labute approximate surface area is 188 Å². The first kappa shape index (κ1) is 22.9. The van der Waals surface area contributed by atoms with Gasteiger partial charge in [-0.05, 0) is 88.4 Å². The van der Waals surface area contributed by atoms with Gasteiger partial charge >= 0.3 is 0 Å². The molecule has 0 spiro atoms. The highest BCUT2D eigenvalue weighted by atomic mass is 16.5. The monoisotopic (exact) mass is 432 g/mol. The third-order valence-electron chi connectivity index (χ3n) is 4.34. The number of rotatable bonds is 8. The van der Waals surface area contributed by atoms with Crippen molar-refractivity contribution in [3.8, 4) is 11.5 Å². The molecule has 0 aliphatic heterocycles. The molecule has 0 aliphatic rings. The van der Waals surface area contributed by atoms with E-state index in [9.17, 15) is 9.59 Å². The van der Waals surface area contributed by atoms with Crippen molar-refractivity contribution in [2.24, 2.45) is 0 Å². The van der Waals surface area contributed by atoms with Crippen LogP contribution in [0.25, 0.3) is 0 Å². The van der Waals surface area contributed by atoms with Crippen LogP contribution in [0.2, 0.25) is 0 Å². The molecule has 0 saturated heterocycles. The van der Waals surface area contributed by atoms with E-state index < -0.39 is 0 Å². The van der Waals surface area contributed by atoms with Gasteiger partial charge in [-0.1, -0.05) is 12.1 Å². The number of hydrogen-bond donors (Lipinski definition) is 2. The van der Waals surface area contributed by atoms with Crippen LogP contribution < -0.4 is 20.1 Å². The fourth-order valence-electron chi connectivity index (χ4n) is 3.01. The minimum atomic E-state index is -0.238. The molecule has 3 aromatic rings. The Morgan fingerprint density at radius 1 is 0.625 bits per heavy atom. The highest BCUT2D eigenvalue weighted by Crippen LogP contribution is 2.20. The quantitative estimate of drug-likeness (QED) is 0.474. The zero-order valence-corrected chi connectivity index (χ0v) is 18.7. The molecule has 3 rings (SSSR count). The molecule has 6 heteroatoms. The second kappa shape index (κ2) is 10.5. The van der Waals surface area contributed by atoms with E-state index in [1.165, 1.54) is 0 Å². The lowest BCUT2D eigenvalue weighted by atomic mass is 10.2. The van der Waals surface area contributed by atoms with Crippen molar-refractivity contribution >= 4 is 23.2 Å². The Hall–Kier alpha value is -3.80. The van der Waals surface area contributed by atoms with E-state index >= 15 is 0 Å². The van der Waals surface area contributed by atoms with Gasteiger partial charge in [-0.3, -0.25) is 9.59 Å². The maximum Gasteiger partial charge on any atom is 0.255 e. The number of nitrogens with one attached hydrogen (secondary N) is 2. The molecule has 0 bridgehead atoms. The van der Waals surface area contributed by atoms with Gasteiger partial charge in [-0.15, -0.1) is 0 Å². The van der Waals surface area contributed by atoms with Gasteiger partial charge in [0.25, 0.3) is 11.8 Å². The third-order valence-corrected chi connectivity index (χ3v) is 4.34. The number of anilines is 2. The van der Waals surface area contributed by atoms with E-state index in [1.54, 1.807) is 60.7 Å². The number of amides is 2. The van der Waals surface area contributed by atoms with Crippen molar-refractivity contribution in [2.45, 2.75) is 39.9 Å². The molecule has 2 amide bonds. The molecule has 166 valence electrons. The van der Waals surface area contributed by atoms with Gasteiger partial charge in [-0.2, -0.15) is 0 Å². The summed E-state index contributed by atoms with van der Waals surface area (Å²) in [4.78, 5) is 25.1. The fraction of sp³-hybridized carbons (Fsp3) is 0.231. The topological polar surface area (TPSA) is 76.7 Å². The predicted octanol–water partition coefficient (Wildman–Crippen LogP) is 5.77. The Morgan fingerprint density at radius 2 is 1.00 bits per heavy atom. The van der Waals surface area contributed by atoms with Gasteiger partial charge in [0, 0.05) is 22.5 Å². The molecule has 0 atom stereocenters. The van der Waals surface area contributed by atoms with E-state index in [2.05, 4.69) is 10.6 Å². The van der Waals surface area contributed by atoms with Gasteiger partial charge < -0.3 is 20.1 Å². The highest BCUT2D eigenvalue weighted by Gasteiger charge is 2.10. The Morgan fingerprint density at radius 3 is 1.34 bits per heavy atom. The second-order valence-electron chi connectivity index (χ2n) is 7.87. The number of benzene rings is 3. The van der Waals surface area contributed by atoms with Gasteiger partial charge in [0.1, 0.15) is 11.5 Å². The predicted molar refractivity (Wildman–Crippen MR) is 127 cm³/mol. The Bertz CT molecular complexity index is 989. The average Bonchev–Trinajstić information content (AvgIpc) is 2.74. The maximum absolute atomic E-state index is 12.6. The molecule has 0 fully saturated rings. The van der Waals surface area contributed by atoms with E-state index in [4.69, 9.17) is 9.47 Å². The minimum Gasteiger partial charge on any atom is -0.491 e. The van der Waals surface area contributed by atoms with E-state index in [0.29, 0.717) is 34.0 Å². The maximum atomic E-state index is 12.6. The van der Waals surface area contributed by atoms with Gasteiger partial charge in [0.15, 0.2) is 0 Å². The third kappa shape index (κ3) is 6.60. The molecule has 0 heterocycles. The summed E-state index contributed by atoms with van der Waals surface area (Å²) in [5, 5.41) is 5.71. The lowest BCUT2D eigenvalue weighted by Crippen LogP contribution is -2.14. The summed E-state index contributed by atoms with van der Waals surface area (Å²) >= 11 is 0. The number of hydrogen-bond acceptors (Lipinski definition) is 4. The van der Waals surface area contributed by atoms with Crippen molar-refractivity contribution in [2.75, 3.05) is 10.6 Å². The summed E-state index contributed by atoms with van der Waals surface area (Å²) in [6.07, 6.45) is 0.0579. The Balaban J connectivity index is 1.61. The van der Waals surface area contributed by atoms with Crippen LogP contribution in [0.5, 0.6) is 11.5 Å². The molecule has 0 radical (unpaired) electrons. The molecule has 0 aromatic heterocycles. The van der Waals surface area contributed by atoms with Crippen LogP contribution in [0.3, 0.4) is 0 Å². The summed E-state index contributed by atoms with van der Waals surface area (Å²) in [6.45, 7) is 7.74. The summed E-state index contributed by atoms with van der Waals surface area (Å²) in [5.41, 5.74) is 2.25. The van der Waals surface area contributed by atoms with Crippen LogP contribution in [0.1, 0.15) is 48.4 Å². The largest absolute Gasteiger partial charge is 0.491 e. The lowest BCUT2D eigenvalue weighted by molar-refractivity contribution is 0.101. The standard InChI is InChI=1S/C26H28N2O4/c1-17(2)31-23-9-5-7-19(15-23)25(29)27-21-11-13-22(14-12-21)28-26(30)20-8-6-10-24(16-20)32-18(3)4/h5-18H,1-4H3,(H,27,29)(H,28,30). The molecule has 0 aliphatic carbocycles. The van der Waals surface area contributed by atoms with Crippen LogP contribution in [0.4, 0.5) is 11.4 Å². The molecular weight excluding hydrogens is 404 g/mol. The van der Waals surface area contributed by atoms with Gasteiger partial charge in [-0.25, -0.2) is 0 Å². The van der Waals surface area contributed by atoms with Gasteiger partial charge in [0.2, 0.25) is 0 Å². The van der Waals surface area contributed by atoms with Crippen molar-refractivity contribution in [1.82, 2.24) is 0 Å². The van der Waals surface area contributed by atoms with Crippen molar-refractivity contribution < 1.29 is 19.1 Å². The van der Waals surface area contributed by atoms with Crippen molar-refractivity contribution in [1.29, 1.82) is 0 Å². The first-order valence-corrected chi connectivity index (χ1v) is 10.6. The van der Waals surface area contributed by atoms with E-state index in [1.807, 2.05) is 39.8 Å². The molecule has 0 unspecified atom stereocenters. The zero-order valence-electron chi connectivity index (χ0n) is 18.7. The number of ether oxygens (including phenoxy) is 2. The van der Waals surface area contributed by atoms with Crippen LogP contribution in [-0.4, -0.2) is 24.0 Å². The lowest BCUT2D eigenvalue weighted by Gasteiger charge is -2.12. The number of carbonyl (C=O) groups excluding carboxylic acids is 2. The van der Waals surface area contributed by atoms with Gasteiger partial charge in [0.05, 0.1) is 12.2 Å². The molecule has 32 heavy (non-hydrogen) atoms. The first-order chi connectivity index (χ1) is 15.3. The average molecular weight is 433 g/mol. The molecular formula is C26H28N2O4. The SMILES string of the molecule is CC(C)Oc1cccc(C(=O)Nc2ccc(NC(=O)c3cccc(OC(C)C)c3)cc2)c1. The normalized spacial score (nSPS) is 10.7. The van der Waals surface area contributed by atoms with Crippen LogP contribution in [-0.2, 0) is 0 Å². The minimum absolute atomic E-state index is 0.0290. The molecule has 0 saturated carbocycles. The second-order valence-corrected chi connectivity index (χ2v) is 7.87. The van der Waals surface area contributed by atoms with Crippen LogP contribution in [0.15, 0.2) is 72.8 Å². The molecule has 6 nitrogen and oxygen atoms in total.